The van der Waals surface area contributed by atoms with E-state index in [1.165, 1.54) is 6.42 Å². The van der Waals surface area contributed by atoms with Crippen molar-refractivity contribution in [3.63, 3.8) is 0 Å². The largest absolute Gasteiger partial charge is 0.380 e. The van der Waals surface area contributed by atoms with Crippen LogP contribution in [0.2, 0.25) is 0 Å². The van der Waals surface area contributed by atoms with Crippen LogP contribution < -0.4 is 11.1 Å². The average molecular weight is 212 g/mol. The molecular formula is C11H20N2O2. The van der Waals surface area contributed by atoms with Gasteiger partial charge in [-0.1, -0.05) is 12.8 Å². The minimum atomic E-state index is -0.147. The van der Waals surface area contributed by atoms with E-state index in [0.29, 0.717) is 6.04 Å². The summed E-state index contributed by atoms with van der Waals surface area (Å²) in [5, 5.41) is 3.52. The first kappa shape index (κ1) is 10.9. The highest BCUT2D eigenvalue weighted by Crippen LogP contribution is 2.25. The van der Waals surface area contributed by atoms with E-state index in [-0.39, 0.29) is 17.9 Å². The number of ether oxygens (including phenoxy) is 1. The molecule has 0 bridgehead atoms. The van der Waals surface area contributed by atoms with Crippen molar-refractivity contribution in [1.82, 2.24) is 5.32 Å². The topological polar surface area (TPSA) is 64.4 Å². The van der Waals surface area contributed by atoms with Crippen molar-refractivity contribution in [2.75, 3.05) is 13.2 Å². The zero-order chi connectivity index (χ0) is 10.7. The highest BCUT2D eigenvalue weighted by molar-refractivity contribution is 5.77. The van der Waals surface area contributed by atoms with Crippen molar-refractivity contribution < 1.29 is 9.53 Å². The lowest BCUT2D eigenvalue weighted by Gasteiger charge is -2.32. The molecule has 0 spiro atoms. The smallest absolute Gasteiger partial charge is 0.222 e. The first-order valence-electron chi connectivity index (χ1n) is 5.90. The third-order valence-corrected chi connectivity index (χ3v) is 3.51. The molecule has 1 aliphatic carbocycles. The zero-order valence-corrected chi connectivity index (χ0v) is 9.08. The molecule has 2 fully saturated rings. The van der Waals surface area contributed by atoms with Crippen molar-refractivity contribution in [3.8, 4) is 0 Å². The van der Waals surface area contributed by atoms with Gasteiger partial charge in [0.05, 0.1) is 12.5 Å². The highest BCUT2D eigenvalue weighted by Gasteiger charge is 2.31. The molecule has 3 unspecified atom stereocenters. The summed E-state index contributed by atoms with van der Waals surface area (Å²) in [4.78, 5) is 11.3. The molecule has 86 valence electrons. The van der Waals surface area contributed by atoms with E-state index in [1.807, 2.05) is 0 Å². The molecule has 0 radical (unpaired) electrons. The molecule has 1 aliphatic heterocycles. The summed E-state index contributed by atoms with van der Waals surface area (Å²) >= 11 is 0. The first-order valence-corrected chi connectivity index (χ1v) is 5.90. The second-order valence-electron chi connectivity index (χ2n) is 4.63. The number of primary amides is 1. The van der Waals surface area contributed by atoms with Crippen LogP contribution in [0.4, 0.5) is 0 Å². The minimum Gasteiger partial charge on any atom is -0.380 e. The van der Waals surface area contributed by atoms with Crippen molar-refractivity contribution in [3.05, 3.63) is 0 Å². The van der Waals surface area contributed by atoms with Gasteiger partial charge in [0.15, 0.2) is 0 Å². The number of rotatable bonds is 3. The lowest BCUT2D eigenvalue weighted by atomic mass is 9.83. The SMILES string of the molecule is NC(=O)C1CCCCC1NC1CCOC1. The predicted octanol–water partition coefficient (Wildman–Crippen LogP) is 0.409. The van der Waals surface area contributed by atoms with Gasteiger partial charge in [-0.05, 0) is 19.3 Å². The monoisotopic (exact) mass is 212 g/mol. The number of nitrogens with one attached hydrogen (secondary N) is 1. The van der Waals surface area contributed by atoms with Gasteiger partial charge in [-0.25, -0.2) is 0 Å². The number of hydrogen-bond donors (Lipinski definition) is 2. The molecular weight excluding hydrogens is 192 g/mol. The Morgan fingerprint density at radius 1 is 1.27 bits per heavy atom. The van der Waals surface area contributed by atoms with E-state index in [0.717, 1.165) is 38.9 Å². The van der Waals surface area contributed by atoms with Crippen molar-refractivity contribution >= 4 is 5.91 Å². The van der Waals surface area contributed by atoms with Crippen molar-refractivity contribution in [2.24, 2.45) is 11.7 Å². The number of amides is 1. The average Bonchev–Trinajstić information content (AvgIpc) is 2.71. The third kappa shape index (κ3) is 2.69. The van der Waals surface area contributed by atoms with E-state index in [1.54, 1.807) is 0 Å². The van der Waals surface area contributed by atoms with Crippen LogP contribution >= 0.6 is 0 Å². The van der Waals surface area contributed by atoms with Crippen LogP contribution in [0.3, 0.4) is 0 Å². The maximum Gasteiger partial charge on any atom is 0.222 e. The fourth-order valence-corrected chi connectivity index (χ4v) is 2.64. The second-order valence-corrected chi connectivity index (χ2v) is 4.63. The van der Waals surface area contributed by atoms with Gasteiger partial charge in [-0.15, -0.1) is 0 Å². The maximum absolute atomic E-state index is 11.3. The maximum atomic E-state index is 11.3. The third-order valence-electron chi connectivity index (χ3n) is 3.51. The van der Waals surface area contributed by atoms with Crippen molar-refractivity contribution in [1.29, 1.82) is 0 Å². The lowest BCUT2D eigenvalue weighted by molar-refractivity contribution is -0.123. The predicted molar refractivity (Wildman–Crippen MR) is 57.3 cm³/mol. The summed E-state index contributed by atoms with van der Waals surface area (Å²) in [7, 11) is 0. The normalized spacial score (nSPS) is 36.7. The molecule has 4 heteroatoms. The van der Waals surface area contributed by atoms with Gasteiger partial charge in [0.25, 0.3) is 0 Å². The van der Waals surface area contributed by atoms with E-state index < -0.39 is 0 Å². The number of nitrogens with two attached hydrogens (primary N) is 1. The molecule has 0 aromatic heterocycles. The Morgan fingerprint density at radius 3 is 2.73 bits per heavy atom. The molecule has 15 heavy (non-hydrogen) atoms. The molecule has 2 rings (SSSR count). The van der Waals surface area contributed by atoms with Crippen LogP contribution in [0.15, 0.2) is 0 Å². The van der Waals surface area contributed by atoms with Gasteiger partial charge in [0.1, 0.15) is 0 Å². The quantitative estimate of drug-likeness (QED) is 0.712. The first-order chi connectivity index (χ1) is 7.27. The molecule has 0 aromatic rings. The summed E-state index contributed by atoms with van der Waals surface area (Å²) in [6.45, 7) is 1.62. The number of carbonyl (C=O) groups excluding carboxylic acids is 1. The second kappa shape index (κ2) is 4.94. The van der Waals surface area contributed by atoms with Gasteiger partial charge < -0.3 is 15.8 Å². The molecule has 1 heterocycles. The lowest BCUT2D eigenvalue weighted by Crippen LogP contribution is -2.48. The van der Waals surface area contributed by atoms with Crippen LogP contribution in [0.25, 0.3) is 0 Å². The van der Waals surface area contributed by atoms with E-state index in [4.69, 9.17) is 10.5 Å². The molecule has 3 atom stereocenters. The van der Waals surface area contributed by atoms with Gasteiger partial charge in [0, 0.05) is 18.7 Å². The van der Waals surface area contributed by atoms with Crippen molar-refractivity contribution in [2.45, 2.75) is 44.2 Å². The Balaban J connectivity index is 1.89. The van der Waals surface area contributed by atoms with Crippen LogP contribution in [0, 0.1) is 5.92 Å². The molecule has 1 amide bonds. The summed E-state index contributed by atoms with van der Waals surface area (Å²) < 4.78 is 5.32. The number of hydrogen-bond acceptors (Lipinski definition) is 3. The molecule has 1 saturated carbocycles. The van der Waals surface area contributed by atoms with Gasteiger partial charge in [0.2, 0.25) is 5.91 Å². The van der Waals surface area contributed by atoms with E-state index >= 15 is 0 Å². The van der Waals surface area contributed by atoms with Crippen LogP contribution in [0.5, 0.6) is 0 Å². The van der Waals surface area contributed by atoms with Gasteiger partial charge in [-0.2, -0.15) is 0 Å². The number of carbonyl (C=O) groups is 1. The molecule has 2 aliphatic rings. The van der Waals surface area contributed by atoms with Gasteiger partial charge in [-0.3, -0.25) is 4.79 Å². The molecule has 4 nitrogen and oxygen atoms in total. The van der Waals surface area contributed by atoms with Gasteiger partial charge >= 0.3 is 0 Å². The highest BCUT2D eigenvalue weighted by atomic mass is 16.5. The Bertz CT molecular complexity index is 227. The molecule has 0 aromatic carbocycles. The summed E-state index contributed by atoms with van der Waals surface area (Å²) in [6.07, 6.45) is 5.41. The summed E-state index contributed by atoms with van der Waals surface area (Å²) in [6, 6.07) is 0.706. The van der Waals surface area contributed by atoms with E-state index in [2.05, 4.69) is 5.32 Å². The fourth-order valence-electron chi connectivity index (χ4n) is 2.64. The standard InChI is InChI=1S/C11H20N2O2/c12-11(14)9-3-1-2-4-10(9)13-8-5-6-15-7-8/h8-10,13H,1-7H2,(H2,12,14). The molecule has 1 saturated heterocycles. The van der Waals surface area contributed by atoms with Crippen LogP contribution in [0.1, 0.15) is 32.1 Å². The summed E-state index contributed by atoms with van der Waals surface area (Å²) in [5.74, 6) is -0.120. The van der Waals surface area contributed by atoms with Crippen LogP contribution in [-0.4, -0.2) is 31.2 Å². The Labute approximate surface area is 90.5 Å². The Kier molecular flexibility index (Phi) is 3.59. The fraction of sp³-hybridized carbons (Fsp3) is 0.909. The minimum absolute atomic E-state index is 0.0272. The molecule has 3 N–H and O–H groups in total. The zero-order valence-electron chi connectivity index (χ0n) is 9.08. The Hall–Kier alpha value is -0.610. The van der Waals surface area contributed by atoms with E-state index in [9.17, 15) is 4.79 Å². The van der Waals surface area contributed by atoms with Crippen LogP contribution in [-0.2, 0) is 9.53 Å². The Morgan fingerprint density at radius 2 is 2.07 bits per heavy atom. The summed E-state index contributed by atoms with van der Waals surface area (Å²) in [5.41, 5.74) is 5.42.